The lowest BCUT2D eigenvalue weighted by atomic mass is 10.1. The van der Waals surface area contributed by atoms with Crippen LogP contribution in [0.15, 0.2) is 36.4 Å². The molecule has 0 unspecified atom stereocenters. The summed E-state index contributed by atoms with van der Waals surface area (Å²) < 4.78 is 18.8. The zero-order valence-electron chi connectivity index (χ0n) is 15.7. The average Bonchev–Trinajstić information content (AvgIpc) is 2.99. The predicted octanol–water partition coefficient (Wildman–Crippen LogP) is 5.20. The number of nitrogens with one attached hydrogen (secondary N) is 1. The summed E-state index contributed by atoms with van der Waals surface area (Å²) in [6.07, 6.45) is 0. The minimum absolute atomic E-state index is 0.0877. The quantitative estimate of drug-likeness (QED) is 0.658. The molecule has 0 aliphatic carbocycles. The predicted molar refractivity (Wildman–Crippen MR) is 107 cm³/mol. The Labute approximate surface area is 162 Å². The number of ether oxygens (including phenoxy) is 1. The van der Waals surface area contributed by atoms with Crippen LogP contribution in [0.25, 0.3) is 11.3 Å². The highest BCUT2D eigenvalue weighted by Gasteiger charge is 2.14. The van der Waals surface area contributed by atoms with Crippen molar-refractivity contribution < 1.29 is 13.9 Å². The van der Waals surface area contributed by atoms with Gasteiger partial charge in [-0.1, -0.05) is 12.1 Å². The molecule has 0 spiro atoms. The van der Waals surface area contributed by atoms with Crippen LogP contribution < -0.4 is 10.1 Å². The molecule has 1 N–H and O–H groups in total. The number of rotatable bonds is 5. The Kier molecular flexibility index (Phi) is 5.56. The summed E-state index contributed by atoms with van der Waals surface area (Å²) in [6.45, 7) is 7.78. The van der Waals surface area contributed by atoms with Crippen molar-refractivity contribution in [2.75, 3.05) is 11.9 Å². The van der Waals surface area contributed by atoms with Crippen LogP contribution in [0.1, 0.15) is 21.6 Å². The van der Waals surface area contributed by atoms with Crippen molar-refractivity contribution in [2.24, 2.45) is 0 Å². The second kappa shape index (κ2) is 7.88. The number of nitrogens with zero attached hydrogens (tertiary/aromatic N) is 1. The van der Waals surface area contributed by atoms with Gasteiger partial charge >= 0.3 is 0 Å². The Hall–Kier alpha value is -2.73. The van der Waals surface area contributed by atoms with Crippen molar-refractivity contribution in [3.63, 3.8) is 0 Å². The lowest BCUT2D eigenvalue weighted by molar-refractivity contribution is -0.118. The van der Waals surface area contributed by atoms with Crippen LogP contribution in [0.4, 0.5) is 9.52 Å². The topological polar surface area (TPSA) is 51.2 Å². The molecule has 3 aromatic rings. The van der Waals surface area contributed by atoms with Gasteiger partial charge in [-0.05, 0) is 68.7 Å². The van der Waals surface area contributed by atoms with Crippen LogP contribution in [0, 0.1) is 33.5 Å². The van der Waals surface area contributed by atoms with Crippen molar-refractivity contribution in [3.05, 3.63) is 63.8 Å². The zero-order chi connectivity index (χ0) is 19.6. The number of carbonyl (C=O) groups excluding carboxylic acids is 1. The molecule has 1 heterocycles. The van der Waals surface area contributed by atoms with Crippen LogP contribution in [-0.4, -0.2) is 17.5 Å². The number of thiazole rings is 1. The zero-order valence-corrected chi connectivity index (χ0v) is 16.5. The van der Waals surface area contributed by atoms with Crippen LogP contribution >= 0.6 is 11.3 Å². The summed E-state index contributed by atoms with van der Waals surface area (Å²) in [4.78, 5) is 17.7. The standard InChI is InChI=1S/C21H21FN2O2S/c1-12-5-6-13(2)20(14(12)3)26-11-18(25)23-21-24-19(15(4)27-21)16-7-9-17(22)10-8-16/h5-10H,11H2,1-4H3,(H,23,24,25). The lowest BCUT2D eigenvalue weighted by Crippen LogP contribution is -2.20. The first kappa shape index (κ1) is 19.0. The van der Waals surface area contributed by atoms with Gasteiger partial charge in [-0.2, -0.15) is 0 Å². The molecule has 140 valence electrons. The second-order valence-electron chi connectivity index (χ2n) is 6.42. The highest BCUT2D eigenvalue weighted by molar-refractivity contribution is 7.16. The first-order valence-electron chi connectivity index (χ1n) is 8.58. The van der Waals surface area contributed by atoms with Gasteiger partial charge in [-0.25, -0.2) is 9.37 Å². The SMILES string of the molecule is Cc1ccc(C)c(OCC(=O)Nc2nc(-c3ccc(F)cc3)c(C)s2)c1C. The van der Waals surface area contributed by atoms with Crippen molar-refractivity contribution in [1.29, 1.82) is 0 Å². The summed E-state index contributed by atoms with van der Waals surface area (Å²) in [5.41, 5.74) is 4.70. The number of aryl methyl sites for hydroxylation is 3. The number of benzene rings is 2. The summed E-state index contributed by atoms with van der Waals surface area (Å²) in [5.74, 6) is 0.182. The molecular weight excluding hydrogens is 363 g/mol. The lowest BCUT2D eigenvalue weighted by Gasteiger charge is -2.13. The van der Waals surface area contributed by atoms with E-state index in [2.05, 4.69) is 10.3 Å². The summed E-state index contributed by atoms with van der Waals surface area (Å²) >= 11 is 1.38. The number of anilines is 1. The van der Waals surface area contributed by atoms with E-state index in [1.165, 1.54) is 23.5 Å². The highest BCUT2D eigenvalue weighted by Crippen LogP contribution is 2.30. The Morgan fingerprint density at radius 1 is 1.07 bits per heavy atom. The van der Waals surface area contributed by atoms with Crippen LogP contribution in [0.3, 0.4) is 0 Å². The summed E-state index contributed by atoms with van der Waals surface area (Å²) in [5, 5.41) is 3.28. The van der Waals surface area contributed by atoms with Gasteiger partial charge in [0.15, 0.2) is 11.7 Å². The number of halogens is 1. The van der Waals surface area contributed by atoms with Gasteiger partial charge in [-0.3, -0.25) is 10.1 Å². The molecule has 0 aliphatic rings. The van der Waals surface area contributed by atoms with Gasteiger partial charge in [-0.15, -0.1) is 11.3 Å². The Bertz CT molecular complexity index is 981. The van der Waals surface area contributed by atoms with Gasteiger partial charge in [0.05, 0.1) is 5.69 Å². The normalized spacial score (nSPS) is 10.7. The molecule has 0 saturated carbocycles. The number of aromatic nitrogens is 1. The van der Waals surface area contributed by atoms with E-state index in [-0.39, 0.29) is 18.3 Å². The Balaban J connectivity index is 1.68. The first-order valence-corrected chi connectivity index (χ1v) is 9.39. The van der Waals surface area contributed by atoms with Crippen LogP contribution in [0.5, 0.6) is 5.75 Å². The minimum Gasteiger partial charge on any atom is -0.483 e. The molecule has 6 heteroatoms. The van der Waals surface area contributed by atoms with E-state index < -0.39 is 0 Å². The van der Waals surface area contributed by atoms with Crippen molar-refractivity contribution >= 4 is 22.4 Å². The molecule has 0 saturated heterocycles. The maximum absolute atomic E-state index is 13.1. The fraction of sp³-hybridized carbons (Fsp3) is 0.238. The van der Waals surface area contributed by atoms with Gasteiger partial charge in [0.2, 0.25) is 0 Å². The molecule has 1 amide bonds. The molecule has 4 nitrogen and oxygen atoms in total. The Morgan fingerprint density at radius 2 is 1.74 bits per heavy atom. The largest absolute Gasteiger partial charge is 0.483 e. The molecule has 27 heavy (non-hydrogen) atoms. The molecule has 0 fully saturated rings. The van der Waals surface area contributed by atoms with Gasteiger partial charge in [0.25, 0.3) is 5.91 Å². The maximum atomic E-state index is 13.1. The Morgan fingerprint density at radius 3 is 2.44 bits per heavy atom. The van der Waals surface area contributed by atoms with E-state index in [0.29, 0.717) is 5.13 Å². The van der Waals surface area contributed by atoms with E-state index >= 15 is 0 Å². The fourth-order valence-electron chi connectivity index (χ4n) is 2.77. The summed E-state index contributed by atoms with van der Waals surface area (Å²) in [6, 6.07) is 10.2. The molecule has 1 aromatic heterocycles. The van der Waals surface area contributed by atoms with E-state index in [0.717, 1.165) is 38.6 Å². The minimum atomic E-state index is -0.293. The third kappa shape index (κ3) is 4.34. The van der Waals surface area contributed by atoms with Gasteiger partial charge in [0, 0.05) is 10.4 Å². The smallest absolute Gasteiger partial charge is 0.264 e. The van der Waals surface area contributed by atoms with Crippen molar-refractivity contribution in [3.8, 4) is 17.0 Å². The molecule has 0 atom stereocenters. The molecule has 0 aliphatic heterocycles. The molecule has 0 radical (unpaired) electrons. The van der Waals surface area contributed by atoms with E-state index in [1.54, 1.807) is 12.1 Å². The molecule has 2 aromatic carbocycles. The number of carbonyl (C=O) groups is 1. The van der Waals surface area contributed by atoms with Gasteiger partial charge < -0.3 is 4.74 Å². The van der Waals surface area contributed by atoms with E-state index in [9.17, 15) is 9.18 Å². The highest BCUT2D eigenvalue weighted by atomic mass is 32.1. The van der Waals surface area contributed by atoms with Crippen molar-refractivity contribution in [2.45, 2.75) is 27.7 Å². The first-order chi connectivity index (χ1) is 12.8. The van der Waals surface area contributed by atoms with E-state index in [1.807, 2.05) is 39.8 Å². The third-order valence-corrected chi connectivity index (χ3v) is 5.27. The number of hydrogen-bond donors (Lipinski definition) is 1. The van der Waals surface area contributed by atoms with Crippen LogP contribution in [0.2, 0.25) is 0 Å². The monoisotopic (exact) mass is 384 g/mol. The molecule has 0 bridgehead atoms. The van der Waals surface area contributed by atoms with Gasteiger partial charge in [0.1, 0.15) is 11.6 Å². The molecule has 3 rings (SSSR count). The second-order valence-corrected chi connectivity index (χ2v) is 7.62. The number of hydrogen-bond acceptors (Lipinski definition) is 4. The number of amides is 1. The average molecular weight is 384 g/mol. The fourth-order valence-corrected chi connectivity index (χ4v) is 3.62. The maximum Gasteiger partial charge on any atom is 0.264 e. The molecular formula is C21H21FN2O2S. The van der Waals surface area contributed by atoms with Crippen LogP contribution in [-0.2, 0) is 4.79 Å². The van der Waals surface area contributed by atoms with E-state index in [4.69, 9.17) is 4.74 Å². The summed E-state index contributed by atoms with van der Waals surface area (Å²) in [7, 11) is 0. The van der Waals surface area contributed by atoms with Crippen molar-refractivity contribution in [1.82, 2.24) is 4.98 Å². The third-order valence-electron chi connectivity index (χ3n) is 4.38.